The van der Waals surface area contributed by atoms with Crippen LogP contribution in [0.25, 0.3) is 11.0 Å². The number of fused-ring (bicyclic) bond motifs is 1. The number of benzene rings is 1. The highest BCUT2D eigenvalue weighted by Crippen LogP contribution is 2.16. The van der Waals surface area contributed by atoms with E-state index in [-0.39, 0.29) is 0 Å². The lowest BCUT2D eigenvalue weighted by Crippen LogP contribution is -2.04. The molecule has 0 radical (unpaired) electrons. The van der Waals surface area contributed by atoms with Crippen molar-refractivity contribution in [1.82, 2.24) is 5.32 Å². The molecule has 0 atom stereocenters. The number of hydrogen-bond donors (Lipinski definition) is 1. The second-order valence-corrected chi connectivity index (χ2v) is 3.01. The van der Waals surface area contributed by atoms with Gasteiger partial charge in [-0.1, -0.05) is 11.8 Å². The van der Waals surface area contributed by atoms with Crippen molar-refractivity contribution in [3.8, 4) is 11.8 Å². The second-order valence-electron chi connectivity index (χ2n) is 3.01. The zero-order valence-corrected chi connectivity index (χ0v) is 8.00. The van der Waals surface area contributed by atoms with Crippen LogP contribution in [0, 0.1) is 11.8 Å². The smallest absolute Gasteiger partial charge is 0.133 e. The van der Waals surface area contributed by atoms with Crippen molar-refractivity contribution in [3.05, 3.63) is 36.1 Å². The maximum Gasteiger partial charge on any atom is 0.133 e. The van der Waals surface area contributed by atoms with E-state index in [0.29, 0.717) is 6.54 Å². The molecular weight excluding hydrogens is 174 g/mol. The molecule has 2 aromatic rings. The molecule has 0 amide bonds. The Morgan fingerprint density at radius 2 is 2.29 bits per heavy atom. The Kier molecular flexibility index (Phi) is 2.53. The van der Waals surface area contributed by atoms with Crippen LogP contribution >= 0.6 is 0 Å². The van der Waals surface area contributed by atoms with Gasteiger partial charge in [0.1, 0.15) is 5.58 Å². The Balaban J connectivity index is 2.31. The first-order valence-corrected chi connectivity index (χ1v) is 4.51. The monoisotopic (exact) mass is 185 g/mol. The Hall–Kier alpha value is -1.72. The number of hydrogen-bond acceptors (Lipinski definition) is 2. The molecule has 0 unspecified atom stereocenters. The topological polar surface area (TPSA) is 25.2 Å². The molecule has 0 fully saturated rings. The van der Waals surface area contributed by atoms with Crippen LogP contribution in [-0.2, 0) is 0 Å². The lowest BCUT2D eigenvalue weighted by Gasteiger charge is -1.90. The molecule has 0 spiro atoms. The van der Waals surface area contributed by atoms with Gasteiger partial charge in [0.05, 0.1) is 12.8 Å². The molecule has 0 aliphatic heterocycles. The van der Waals surface area contributed by atoms with E-state index in [9.17, 15) is 0 Å². The molecule has 0 saturated carbocycles. The van der Waals surface area contributed by atoms with Crippen molar-refractivity contribution in [1.29, 1.82) is 0 Å². The highest BCUT2D eigenvalue weighted by molar-refractivity contribution is 5.78. The predicted molar refractivity (Wildman–Crippen MR) is 57.0 cm³/mol. The SMILES string of the molecule is CNCC#Cc1ccc2occc2c1. The maximum absolute atomic E-state index is 5.24. The minimum atomic E-state index is 0.712. The van der Waals surface area contributed by atoms with Crippen molar-refractivity contribution in [2.45, 2.75) is 0 Å². The van der Waals surface area contributed by atoms with E-state index in [1.807, 2.05) is 31.3 Å². The Morgan fingerprint density at radius 3 is 3.14 bits per heavy atom. The zero-order chi connectivity index (χ0) is 9.80. The molecule has 0 saturated heterocycles. The van der Waals surface area contributed by atoms with Crippen LogP contribution in [0.4, 0.5) is 0 Å². The molecular formula is C12H11NO. The number of nitrogens with one attached hydrogen (secondary N) is 1. The summed E-state index contributed by atoms with van der Waals surface area (Å²) >= 11 is 0. The highest BCUT2D eigenvalue weighted by atomic mass is 16.3. The van der Waals surface area contributed by atoms with Gasteiger partial charge in [0, 0.05) is 10.9 Å². The molecule has 2 nitrogen and oxygen atoms in total. The molecule has 1 N–H and O–H groups in total. The van der Waals surface area contributed by atoms with Gasteiger partial charge in [0.25, 0.3) is 0 Å². The average Bonchev–Trinajstić information content (AvgIpc) is 2.65. The van der Waals surface area contributed by atoms with Gasteiger partial charge in [-0.15, -0.1) is 0 Å². The summed E-state index contributed by atoms with van der Waals surface area (Å²) < 4.78 is 5.24. The minimum absolute atomic E-state index is 0.712. The third-order valence-corrected chi connectivity index (χ3v) is 1.95. The average molecular weight is 185 g/mol. The van der Waals surface area contributed by atoms with Gasteiger partial charge in [-0.05, 0) is 31.3 Å². The minimum Gasteiger partial charge on any atom is -0.464 e. The van der Waals surface area contributed by atoms with Crippen molar-refractivity contribution in [2.75, 3.05) is 13.6 Å². The first-order chi connectivity index (χ1) is 6.90. The molecule has 2 rings (SSSR count). The Labute approximate surface area is 82.9 Å². The molecule has 14 heavy (non-hydrogen) atoms. The zero-order valence-electron chi connectivity index (χ0n) is 8.00. The third kappa shape index (κ3) is 1.78. The fourth-order valence-electron chi connectivity index (χ4n) is 1.28. The van der Waals surface area contributed by atoms with Crippen molar-refractivity contribution < 1.29 is 4.42 Å². The molecule has 1 heterocycles. The quantitative estimate of drug-likeness (QED) is 0.687. The van der Waals surface area contributed by atoms with Gasteiger partial charge in [-0.2, -0.15) is 0 Å². The largest absolute Gasteiger partial charge is 0.464 e. The van der Waals surface area contributed by atoms with Crippen LogP contribution < -0.4 is 5.32 Å². The van der Waals surface area contributed by atoms with E-state index < -0.39 is 0 Å². The van der Waals surface area contributed by atoms with Crippen LogP contribution in [0.2, 0.25) is 0 Å². The summed E-state index contributed by atoms with van der Waals surface area (Å²) in [5.74, 6) is 6.09. The van der Waals surface area contributed by atoms with Crippen molar-refractivity contribution in [3.63, 3.8) is 0 Å². The van der Waals surface area contributed by atoms with Crippen LogP contribution in [0.3, 0.4) is 0 Å². The molecule has 0 bridgehead atoms. The molecule has 1 aromatic heterocycles. The summed E-state index contributed by atoms with van der Waals surface area (Å²) in [5.41, 5.74) is 1.93. The number of furan rings is 1. The van der Waals surface area contributed by atoms with Gasteiger partial charge in [-0.3, -0.25) is 0 Å². The fraction of sp³-hybridized carbons (Fsp3) is 0.167. The summed E-state index contributed by atoms with van der Waals surface area (Å²) in [6, 6.07) is 7.88. The van der Waals surface area contributed by atoms with E-state index in [1.165, 1.54) is 0 Å². The van der Waals surface area contributed by atoms with E-state index in [2.05, 4.69) is 17.2 Å². The van der Waals surface area contributed by atoms with Crippen molar-refractivity contribution in [2.24, 2.45) is 0 Å². The first-order valence-electron chi connectivity index (χ1n) is 4.51. The summed E-state index contributed by atoms with van der Waals surface area (Å²) in [5, 5.41) is 4.08. The molecule has 1 aromatic carbocycles. The number of rotatable bonds is 1. The van der Waals surface area contributed by atoms with E-state index >= 15 is 0 Å². The Bertz CT molecular complexity index is 487. The molecule has 2 heteroatoms. The van der Waals surface area contributed by atoms with E-state index in [1.54, 1.807) is 6.26 Å². The van der Waals surface area contributed by atoms with Gasteiger partial charge in [-0.25, -0.2) is 0 Å². The standard InChI is InChI=1S/C12H11NO/c1-13-7-2-3-10-4-5-12-11(9-10)6-8-14-12/h4-6,8-9,13H,7H2,1H3. The predicted octanol–water partition coefficient (Wildman–Crippen LogP) is 2.00. The lowest BCUT2D eigenvalue weighted by molar-refractivity contribution is 0.616. The Morgan fingerprint density at radius 1 is 1.36 bits per heavy atom. The highest BCUT2D eigenvalue weighted by Gasteiger charge is 1.95. The van der Waals surface area contributed by atoms with E-state index in [0.717, 1.165) is 16.5 Å². The molecule has 0 aliphatic rings. The molecule has 0 aliphatic carbocycles. The second kappa shape index (κ2) is 3.99. The van der Waals surface area contributed by atoms with Crippen LogP contribution in [0.15, 0.2) is 34.9 Å². The summed E-state index contributed by atoms with van der Waals surface area (Å²) in [6.07, 6.45) is 1.69. The third-order valence-electron chi connectivity index (χ3n) is 1.95. The summed E-state index contributed by atoms with van der Waals surface area (Å²) in [4.78, 5) is 0. The van der Waals surface area contributed by atoms with Gasteiger partial charge >= 0.3 is 0 Å². The van der Waals surface area contributed by atoms with Crippen LogP contribution in [-0.4, -0.2) is 13.6 Å². The van der Waals surface area contributed by atoms with E-state index in [4.69, 9.17) is 4.42 Å². The maximum atomic E-state index is 5.24. The van der Waals surface area contributed by atoms with Gasteiger partial charge < -0.3 is 9.73 Å². The normalized spacial score (nSPS) is 9.79. The van der Waals surface area contributed by atoms with Gasteiger partial charge in [0.2, 0.25) is 0 Å². The van der Waals surface area contributed by atoms with Crippen LogP contribution in [0.1, 0.15) is 5.56 Å². The first kappa shape index (κ1) is 8.86. The van der Waals surface area contributed by atoms with Gasteiger partial charge in [0.15, 0.2) is 0 Å². The summed E-state index contributed by atoms with van der Waals surface area (Å²) in [7, 11) is 1.88. The molecule has 70 valence electrons. The van der Waals surface area contributed by atoms with Crippen LogP contribution in [0.5, 0.6) is 0 Å². The van der Waals surface area contributed by atoms with Crippen molar-refractivity contribution >= 4 is 11.0 Å². The summed E-state index contributed by atoms with van der Waals surface area (Å²) in [6.45, 7) is 0.712. The fourth-order valence-corrected chi connectivity index (χ4v) is 1.28. The lowest BCUT2D eigenvalue weighted by atomic mass is 10.2.